The van der Waals surface area contributed by atoms with Gasteiger partial charge >= 0.3 is 0 Å². The zero-order valence-electron chi connectivity index (χ0n) is 9.16. The van der Waals surface area contributed by atoms with Gasteiger partial charge in [-0.1, -0.05) is 35.5 Å². The molecule has 0 unspecified atom stereocenters. The number of aliphatic hydroxyl groups is 2. The fourth-order valence-corrected chi connectivity index (χ4v) is 0.283. The summed E-state index contributed by atoms with van der Waals surface area (Å²) in [6.07, 6.45) is 3.55. The normalized spacial score (nSPS) is 7.25. The third-order valence-corrected chi connectivity index (χ3v) is 1.27. The van der Waals surface area contributed by atoms with E-state index in [0.717, 1.165) is 11.9 Å². The zero-order valence-corrected chi connectivity index (χ0v) is 10.7. The molecule has 0 spiro atoms. The summed E-state index contributed by atoms with van der Waals surface area (Å²) in [6.45, 7) is 9.03. The van der Waals surface area contributed by atoms with Crippen LogP contribution in [0.25, 0.3) is 0 Å². The molecule has 0 saturated heterocycles. The van der Waals surface area contributed by atoms with Crippen molar-refractivity contribution in [2.45, 2.75) is 7.43 Å². The van der Waals surface area contributed by atoms with Gasteiger partial charge in [0.25, 0.3) is 0 Å². The van der Waals surface area contributed by atoms with Crippen molar-refractivity contribution in [1.29, 1.82) is 0 Å². The summed E-state index contributed by atoms with van der Waals surface area (Å²) < 4.78 is 0. The topological polar surface area (TPSA) is 78.5 Å². The van der Waals surface area contributed by atoms with E-state index in [0.29, 0.717) is 13.1 Å². The van der Waals surface area contributed by atoms with Crippen LogP contribution in [0.15, 0.2) is 25.3 Å². The molecule has 0 heterocycles. The summed E-state index contributed by atoms with van der Waals surface area (Å²) in [6, 6.07) is 0. The number of hydrogen-bond donors (Lipinski definition) is 4. The molecule has 0 aliphatic carbocycles. The average Bonchev–Trinajstić information content (AvgIpc) is 2.30. The van der Waals surface area contributed by atoms with Crippen molar-refractivity contribution < 1.29 is 10.2 Å². The van der Waals surface area contributed by atoms with Gasteiger partial charge < -0.3 is 21.3 Å². The Balaban J connectivity index is -0.0000000700. The highest BCUT2D eigenvalue weighted by Crippen LogP contribution is 1.73. The third-order valence-electron chi connectivity index (χ3n) is 0.815. The van der Waals surface area contributed by atoms with Crippen molar-refractivity contribution in [3.05, 3.63) is 25.3 Å². The van der Waals surface area contributed by atoms with Crippen LogP contribution >= 0.6 is 15.9 Å². The minimum atomic E-state index is 0. The van der Waals surface area contributed by atoms with Crippen molar-refractivity contribution in [3.63, 3.8) is 0 Å². The Morgan fingerprint density at radius 1 is 1.19 bits per heavy atom. The molecule has 4 nitrogen and oxygen atoms in total. The molecule has 0 aliphatic rings. The van der Waals surface area contributed by atoms with E-state index in [1.807, 2.05) is 0 Å². The molecule has 0 rings (SSSR count). The highest BCUT2D eigenvalue weighted by Gasteiger charge is 1.74. The van der Waals surface area contributed by atoms with E-state index in [4.69, 9.17) is 15.9 Å². The summed E-state index contributed by atoms with van der Waals surface area (Å²) >= 11 is 3.13. The van der Waals surface area contributed by atoms with Crippen LogP contribution in [0, 0.1) is 0 Å². The van der Waals surface area contributed by atoms with Crippen LogP contribution < -0.4 is 11.1 Å². The van der Waals surface area contributed by atoms with E-state index in [1.165, 1.54) is 0 Å². The molecule has 0 aromatic heterocycles. The zero-order chi connectivity index (χ0) is 12.4. The molecule has 0 bridgehead atoms. The Kier molecular flexibility index (Phi) is 56.5. The van der Waals surface area contributed by atoms with Crippen molar-refractivity contribution in [2.75, 3.05) is 38.2 Å². The summed E-state index contributed by atoms with van der Waals surface area (Å²) in [7, 11) is 0. The quantitative estimate of drug-likeness (QED) is 0.334. The van der Waals surface area contributed by atoms with Gasteiger partial charge in [0.15, 0.2) is 0 Å². The summed E-state index contributed by atoms with van der Waals surface area (Å²) in [5.74, 6) is 0. The maximum atomic E-state index is 8.20. The number of aliphatic hydroxyl groups excluding tert-OH is 2. The molecule has 0 saturated carbocycles. The van der Waals surface area contributed by atoms with Crippen LogP contribution in [0.2, 0.25) is 0 Å². The minimum absolute atomic E-state index is 0. The summed E-state index contributed by atoms with van der Waals surface area (Å²) in [4.78, 5) is 0. The van der Waals surface area contributed by atoms with Gasteiger partial charge in [0.2, 0.25) is 0 Å². The lowest BCUT2D eigenvalue weighted by Gasteiger charge is -1.92. The van der Waals surface area contributed by atoms with Gasteiger partial charge in [0, 0.05) is 25.0 Å². The Morgan fingerprint density at radius 3 is 1.81 bits per heavy atom. The Bertz CT molecular complexity index is 112. The first-order chi connectivity index (χ1) is 7.24. The number of alkyl halides is 1. The first kappa shape index (κ1) is 24.9. The molecule has 5 N–H and O–H groups in total. The molecule has 0 aromatic rings. The summed E-state index contributed by atoms with van der Waals surface area (Å²) in [5.41, 5.74) is 4.78. The van der Waals surface area contributed by atoms with Gasteiger partial charge in [-0.15, -0.1) is 13.2 Å². The van der Waals surface area contributed by atoms with Crippen LogP contribution in [-0.2, 0) is 0 Å². The highest BCUT2D eigenvalue weighted by atomic mass is 79.9. The smallest absolute Gasteiger partial charge is 0.0556 e. The number of hydrogen-bond acceptors (Lipinski definition) is 4. The van der Waals surface area contributed by atoms with E-state index in [9.17, 15) is 0 Å². The summed E-state index contributed by atoms with van der Waals surface area (Å²) in [5, 5.41) is 19.8. The predicted molar refractivity (Wildman–Crippen MR) is 77.0 cm³/mol. The van der Waals surface area contributed by atoms with Crippen molar-refractivity contribution in [1.82, 2.24) is 5.32 Å². The molecule has 100 valence electrons. The van der Waals surface area contributed by atoms with Gasteiger partial charge in [-0.3, -0.25) is 0 Å². The van der Waals surface area contributed by atoms with Gasteiger partial charge in [0.05, 0.1) is 13.2 Å². The molecule has 0 radical (unpaired) electrons. The number of halogens is 1. The van der Waals surface area contributed by atoms with Crippen LogP contribution in [0.4, 0.5) is 0 Å². The van der Waals surface area contributed by atoms with Crippen LogP contribution in [0.3, 0.4) is 0 Å². The number of rotatable bonds is 6. The molecule has 0 amide bonds. The second-order valence-corrected chi connectivity index (χ2v) is 2.82. The fourth-order valence-electron chi connectivity index (χ4n) is 0.283. The lowest BCUT2D eigenvalue weighted by atomic mass is 10.6. The lowest BCUT2D eigenvalue weighted by molar-refractivity contribution is 0.294. The second-order valence-electron chi connectivity index (χ2n) is 2.17. The number of allylic oxidation sites excluding steroid dienone is 1. The molecule has 5 heteroatoms. The Hall–Kier alpha value is -0.200. The van der Waals surface area contributed by atoms with Crippen LogP contribution in [0.5, 0.6) is 0 Å². The Morgan fingerprint density at radius 2 is 1.62 bits per heavy atom. The van der Waals surface area contributed by atoms with Gasteiger partial charge in [0.1, 0.15) is 0 Å². The standard InChI is InChI=1S/C5H11NO.C3H5Br.C2H7NO.CH4/c1-2-3-6-4-5-7;1-2-3-4;3-1-2-4;/h2,6-7H,1,3-5H2;2H,1,3H2;4H,1-3H2;1H4. The average molecular weight is 299 g/mol. The van der Waals surface area contributed by atoms with E-state index in [-0.39, 0.29) is 20.6 Å². The van der Waals surface area contributed by atoms with Crippen LogP contribution in [0.1, 0.15) is 7.43 Å². The maximum absolute atomic E-state index is 8.20. The van der Waals surface area contributed by atoms with Crippen molar-refractivity contribution in [3.8, 4) is 0 Å². The van der Waals surface area contributed by atoms with E-state index in [1.54, 1.807) is 12.2 Å². The molecule has 0 aromatic carbocycles. The van der Waals surface area contributed by atoms with Crippen molar-refractivity contribution >= 4 is 15.9 Å². The van der Waals surface area contributed by atoms with Gasteiger partial charge in [-0.2, -0.15) is 0 Å². The predicted octanol–water partition coefficient (Wildman–Crippen LogP) is 0.895. The first-order valence-electron chi connectivity index (χ1n) is 4.65. The number of nitrogens with one attached hydrogen (secondary N) is 1. The maximum Gasteiger partial charge on any atom is 0.0556 e. The van der Waals surface area contributed by atoms with E-state index >= 15 is 0 Å². The third kappa shape index (κ3) is 67.2. The van der Waals surface area contributed by atoms with E-state index in [2.05, 4.69) is 34.4 Å². The monoisotopic (exact) mass is 298 g/mol. The lowest BCUT2D eigenvalue weighted by Crippen LogP contribution is -2.17. The van der Waals surface area contributed by atoms with Gasteiger partial charge in [-0.25, -0.2) is 0 Å². The molecular weight excluding hydrogens is 272 g/mol. The molecular formula is C11H27BrN2O2. The SMILES string of the molecule is C.C=CCBr.C=CCNCCO.NCCO. The molecule has 0 atom stereocenters. The Labute approximate surface area is 108 Å². The second kappa shape index (κ2) is 36.4. The van der Waals surface area contributed by atoms with Crippen LogP contribution in [-0.4, -0.2) is 48.4 Å². The number of nitrogens with two attached hydrogens (primary N) is 1. The minimum Gasteiger partial charge on any atom is -0.395 e. The van der Waals surface area contributed by atoms with E-state index < -0.39 is 0 Å². The largest absolute Gasteiger partial charge is 0.395 e. The molecule has 0 aliphatic heterocycles. The van der Waals surface area contributed by atoms with Crippen molar-refractivity contribution in [2.24, 2.45) is 5.73 Å². The molecule has 16 heavy (non-hydrogen) atoms. The first-order valence-corrected chi connectivity index (χ1v) is 5.77. The highest BCUT2D eigenvalue weighted by molar-refractivity contribution is 9.09. The fraction of sp³-hybridized carbons (Fsp3) is 0.636. The van der Waals surface area contributed by atoms with Gasteiger partial charge in [-0.05, 0) is 0 Å². The molecule has 0 fully saturated rings.